The zero-order valence-corrected chi connectivity index (χ0v) is 8.92. The van der Waals surface area contributed by atoms with Gasteiger partial charge in [0.25, 0.3) is 0 Å². The Balaban J connectivity index is 4.88. The second-order valence-electron chi connectivity index (χ2n) is 2.41. The minimum Gasteiger partial charge on any atom is -0.203 e. The highest BCUT2D eigenvalue weighted by atomic mass is 32.2. The quantitative estimate of drug-likeness (QED) is 0.577. The molecule has 0 rings (SSSR count). The average molecular weight is 291 g/mol. The summed E-state index contributed by atoms with van der Waals surface area (Å²) in [5.41, 5.74) is -5.85. The maximum atomic E-state index is 12.2. The van der Waals surface area contributed by atoms with Crippen LogP contribution >= 0.6 is 0 Å². The third-order valence-corrected chi connectivity index (χ3v) is 3.33. The van der Waals surface area contributed by atoms with Gasteiger partial charge in [0.15, 0.2) is 0 Å². The van der Waals surface area contributed by atoms with E-state index in [0.717, 1.165) is 0 Å². The molecule has 97 valence electrons. The van der Waals surface area contributed by atoms with Crippen LogP contribution in [0.25, 0.3) is 0 Å². The van der Waals surface area contributed by atoms with Crippen molar-refractivity contribution in [3.05, 3.63) is 0 Å². The topological polar surface area (TPSA) is 94.4 Å². The van der Waals surface area contributed by atoms with Gasteiger partial charge in [0.05, 0.1) is 0 Å². The number of nitrogens with one attached hydrogen (secondary N) is 1. The van der Waals surface area contributed by atoms with Gasteiger partial charge in [0, 0.05) is 6.92 Å². The van der Waals surface area contributed by atoms with Crippen molar-refractivity contribution in [2.24, 2.45) is 0 Å². The normalized spacial score (nSPS) is 15.1. The third kappa shape index (κ3) is 3.50. The molecule has 0 fully saturated rings. The van der Waals surface area contributed by atoms with Crippen LogP contribution in [0.5, 0.6) is 0 Å². The molecule has 6 nitrogen and oxygen atoms in total. The lowest BCUT2D eigenvalue weighted by atomic mass is 10.9. The number of rotatable bonds is 4. The monoisotopic (exact) mass is 291 g/mol. The SMILES string of the molecule is CC(F)(F)S(=O)(=O)[N]NS(=O)(=O)C(F)(F)F. The molecule has 0 aromatic carbocycles. The van der Waals surface area contributed by atoms with Crippen molar-refractivity contribution in [1.29, 1.82) is 0 Å². The van der Waals surface area contributed by atoms with E-state index in [4.69, 9.17) is 0 Å². The summed E-state index contributed by atoms with van der Waals surface area (Å²) in [5.74, 6) is 0. The Kier molecular flexibility index (Phi) is 3.91. The van der Waals surface area contributed by atoms with Gasteiger partial charge in [-0.15, -0.1) is 4.83 Å². The molecule has 0 heterocycles. The largest absolute Gasteiger partial charge is 0.512 e. The number of sulfonamides is 2. The van der Waals surface area contributed by atoms with Gasteiger partial charge in [-0.05, 0) is 4.83 Å². The molecule has 0 aliphatic rings. The molecule has 0 unspecified atom stereocenters. The molecule has 0 aromatic rings. The molecule has 0 saturated carbocycles. The summed E-state index contributed by atoms with van der Waals surface area (Å²) in [6.45, 7) is -0.173. The van der Waals surface area contributed by atoms with E-state index in [1.165, 1.54) is 0 Å². The smallest absolute Gasteiger partial charge is 0.203 e. The number of hydrogen-bond donors (Lipinski definition) is 1. The van der Waals surface area contributed by atoms with Crippen LogP contribution in [0.15, 0.2) is 0 Å². The highest BCUT2D eigenvalue weighted by Gasteiger charge is 2.49. The molecule has 0 atom stereocenters. The van der Waals surface area contributed by atoms with Crippen molar-refractivity contribution in [2.45, 2.75) is 17.7 Å². The Morgan fingerprint density at radius 1 is 1.00 bits per heavy atom. The Hall–Kier alpha value is -0.530. The Bertz CT molecular complexity index is 401. The molecule has 0 spiro atoms. The molecular formula is C3H4F5N2O4S2. The number of nitrogens with zero attached hydrogens (tertiary/aromatic N) is 1. The van der Waals surface area contributed by atoms with Crippen molar-refractivity contribution in [3.8, 4) is 0 Å². The van der Waals surface area contributed by atoms with Crippen molar-refractivity contribution in [2.75, 3.05) is 0 Å². The minimum atomic E-state index is -6.12. The van der Waals surface area contributed by atoms with Gasteiger partial charge < -0.3 is 0 Å². The van der Waals surface area contributed by atoms with Crippen LogP contribution in [0.2, 0.25) is 0 Å². The van der Waals surface area contributed by atoms with E-state index in [9.17, 15) is 38.8 Å². The Labute approximate surface area is 86.9 Å². The van der Waals surface area contributed by atoms with Crippen molar-refractivity contribution >= 4 is 20.0 Å². The average Bonchev–Trinajstić information content (AvgIpc) is 1.97. The second kappa shape index (κ2) is 4.05. The van der Waals surface area contributed by atoms with Gasteiger partial charge in [0.2, 0.25) is 0 Å². The maximum absolute atomic E-state index is 12.2. The van der Waals surface area contributed by atoms with Crippen LogP contribution in [0.3, 0.4) is 0 Å². The molecule has 13 heteroatoms. The first-order chi connectivity index (χ1) is 6.71. The fourth-order valence-electron chi connectivity index (χ4n) is 0.230. The maximum Gasteiger partial charge on any atom is 0.512 e. The third-order valence-electron chi connectivity index (χ3n) is 1.04. The Morgan fingerprint density at radius 3 is 1.62 bits per heavy atom. The molecule has 0 aromatic heterocycles. The molecule has 0 bridgehead atoms. The highest BCUT2D eigenvalue weighted by Crippen LogP contribution is 2.23. The molecule has 1 N–H and O–H groups in total. The lowest BCUT2D eigenvalue weighted by molar-refractivity contribution is -0.0450. The van der Waals surface area contributed by atoms with Gasteiger partial charge in [-0.1, -0.05) is 0 Å². The van der Waals surface area contributed by atoms with Crippen LogP contribution in [0.1, 0.15) is 6.92 Å². The molecule has 0 aliphatic carbocycles. The van der Waals surface area contributed by atoms with Gasteiger partial charge in [-0.25, -0.2) is 16.8 Å². The van der Waals surface area contributed by atoms with Gasteiger partial charge in [-0.3, -0.25) is 0 Å². The summed E-state index contributed by atoms with van der Waals surface area (Å²) >= 11 is 0. The zero-order valence-electron chi connectivity index (χ0n) is 7.29. The van der Waals surface area contributed by atoms with Crippen LogP contribution in [0.4, 0.5) is 22.0 Å². The standard InChI is InChI=1S/C3H4F5N2O4S2/c1-2(4,5)15(11,12)9-10-16(13,14)3(6,7)8/h10H,1H3. The minimum absolute atomic E-state index is 0.150. The second-order valence-corrected chi connectivity index (χ2v) is 5.92. The van der Waals surface area contributed by atoms with Crippen LogP contribution in [-0.4, -0.2) is 27.6 Å². The summed E-state index contributed by atoms with van der Waals surface area (Å²) in [6.07, 6.45) is 0. The predicted octanol–water partition coefficient (Wildman–Crippen LogP) is -0.112. The molecular weight excluding hydrogens is 287 g/mol. The molecule has 0 amide bonds. The number of halogens is 5. The molecule has 16 heavy (non-hydrogen) atoms. The highest BCUT2D eigenvalue weighted by molar-refractivity contribution is 7.93. The van der Waals surface area contributed by atoms with Gasteiger partial charge in [0.1, 0.15) is 0 Å². The number of alkyl halides is 5. The predicted molar refractivity (Wildman–Crippen MR) is 39.8 cm³/mol. The molecule has 0 aliphatic heterocycles. The van der Waals surface area contributed by atoms with Crippen molar-refractivity contribution in [1.82, 2.24) is 9.66 Å². The molecule has 0 saturated heterocycles. The fraction of sp³-hybridized carbons (Fsp3) is 1.00. The van der Waals surface area contributed by atoms with Gasteiger partial charge >= 0.3 is 30.8 Å². The Morgan fingerprint density at radius 2 is 1.38 bits per heavy atom. The summed E-state index contributed by atoms with van der Waals surface area (Å²) in [5, 5.41) is -4.50. The first kappa shape index (κ1) is 15.5. The number of hydrogen-bond acceptors (Lipinski definition) is 4. The molecule has 1 radical (unpaired) electrons. The summed E-state index contributed by atoms with van der Waals surface area (Å²) < 4.78 is 100. The first-order valence-corrected chi connectivity index (χ1v) is 6.05. The lowest BCUT2D eigenvalue weighted by Crippen LogP contribution is -2.46. The van der Waals surface area contributed by atoms with Gasteiger partial charge in [-0.2, -0.15) is 22.0 Å². The van der Waals surface area contributed by atoms with E-state index in [-0.39, 0.29) is 11.8 Å². The zero-order chi connectivity index (χ0) is 13.4. The van der Waals surface area contributed by atoms with E-state index >= 15 is 0 Å². The van der Waals surface area contributed by atoms with E-state index in [1.54, 1.807) is 4.83 Å². The lowest BCUT2D eigenvalue weighted by Gasteiger charge is -2.12. The van der Waals surface area contributed by atoms with E-state index < -0.39 is 30.8 Å². The van der Waals surface area contributed by atoms with Crippen molar-refractivity contribution < 1.29 is 38.8 Å². The van der Waals surface area contributed by atoms with Crippen LogP contribution in [0, 0.1) is 0 Å². The fourth-order valence-corrected chi connectivity index (χ4v) is 1.28. The van der Waals surface area contributed by atoms with E-state index in [2.05, 4.69) is 0 Å². The van der Waals surface area contributed by atoms with E-state index in [0.29, 0.717) is 0 Å². The van der Waals surface area contributed by atoms with Crippen LogP contribution < -0.4 is 9.66 Å². The first-order valence-electron chi connectivity index (χ1n) is 3.13. The summed E-state index contributed by atoms with van der Waals surface area (Å²) in [4.78, 5) is 1.78. The summed E-state index contributed by atoms with van der Waals surface area (Å²) in [6, 6.07) is 0. The van der Waals surface area contributed by atoms with E-state index in [1.807, 2.05) is 0 Å². The summed E-state index contributed by atoms with van der Waals surface area (Å²) in [7, 11) is -11.8. The van der Waals surface area contributed by atoms with Crippen LogP contribution in [-0.2, 0) is 20.0 Å². The van der Waals surface area contributed by atoms with Crippen molar-refractivity contribution in [3.63, 3.8) is 0 Å².